The summed E-state index contributed by atoms with van der Waals surface area (Å²) >= 11 is 0. The fraction of sp³-hybridized carbons (Fsp3) is 0.333. The molecule has 0 saturated heterocycles. The summed E-state index contributed by atoms with van der Waals surface area (Å²) in [5.41, 5.74) is 0.609. The first kappa shape index (κ1) is 16.1. The van der Waals surface area contributed by atoms with Gasteiger partial charge >= 0.3 is 6.03 Å². The predicted octanol–water partition coefficient (Wildman–Crippen LogP) is 3.73. The molecule has 1 atom stereocenters. The molecule has 1 aliphatic carbocycles. The van der Waals surface area contributed by atoms with E-state index in [4.69, 9.17) is 9.68 Å². The van der Waals surface area contributed by atoms with E-state index in [9.17, 15) is 9.18 Å². The number of hydrogen-bond acceptors (Lipinski definition) is 3. The lowest BCUT2D eigenvalue weighted by molar-refractivity contribution is 0.166. The Morgan fingerprint density at radius 2 is 2.29 bits per heavy atom. The fourth-order valence-electron chi connectivity index (χ4n) is 2.70. The molecular weight excluding hydrogens is 309 g/mol. The predicted molar refractivity (Wildman–Crippen MR) is 85.3 cm³/mol. The van der Waals surface area contributed by atoms with Crippen molar-refractivity contribution in [2.75, 3.05) is 0 Å². The molecule has 1 N–H and O–H groups in total. The average Bonchev–Trinajstić information content (AvgIpc) is 3.25. The topological polar surface area (TPSA) is 69.3 Å². The molecule has 0 aliphatic heterocycles. The van der Waals surface area contributed by atoms with Crippen molar-refractivity contribution in [1.29, 1.82) is 5.26 Å². The minimum Gasteiger partial charge on any atom is -0.467 e. The molecule has 1 heterocycles. The zero-order chi connectivity index (χ0) is 17.1. The maximum atomic E-state index is 13.9. The minimum atomic E-state index is -0.494. The molecule has 2 aromatic rings. The van der Waals surface area contributed by atoms with E-state index in [1.807, 2.05) is 19.1 Å². The van der Waals surface area contributed by atoms with E-state index in [-0.39, 0.29) is 30.2 Å². The van der Waals surface area contributed by atoms with Gasteiger partial charge in [-0.3, -0.25) is 0 Å². The first-order valence-corrected chi connectivity index (χ1v) is 7.88. The minimum absolute atomic E-state index is 0.0739. The van der Waals surface area contributed by atoms with Crippen LogP contribution in [0.5, 0.6) is 0 Å². The molecule has 24 heavy (non-hydrogen) atoms. The van der Waals surface area contributed by atoms with Gasteiger partial charge < -0.3 is 14.6 Å². The highest BCUT2D eigenvalue weighted by Gasteiger charge is 2.37. The maximum Gasteiger partial charge on any atom is 0.318 e. The van der Waals surface area contributed by atoms with Crippen molar-refractivity contribution in [1.82, 2.24) is 10.2 Å². The van der Waals surface area contributed by atoms with Crippen molar-refractivity contribution < 1.29 is 13.6 Å². The highest BCUT2D eigenvalue weighted by Crippen LogP contribution is 2.34. The Labute approximate surface area is 139 Å². The van der Waals surface area contributed by atoms with Crippen molar-refractivity contribution in [3.05, 3.63) is 59.3 Å². The van der Waals surface area contributed by atoms with Gasteiger partial charge in [0.05, 0.1) is 23.9 Å². The number of nitrogens with one attached hydrogen (secondary N) is 1. The molecule has 0 spiro atoms. The number of furan rings is 1. The average molecular weight is 327 g/mol. The Morgan fingerprint density at radius 3 is 2.88 bits per heavy atom. The first-order valence-electron chi connectivity index (χ1n) is 7.88. The largest absolute Gasteiger partial charge is 0.467 e. The van der Waals surface area contributed by atoms with Crippen LogP contribution in [0.4, 0.5) is 9.18 Å². The van der Waals surface area contributed by atoms with Gasteiger partial charge in [-0.2, -0.15) is 5.26 Å². The molecule has 1 aromatic heterocycles. The molecular formula is C18H18FN3O2. The number of halogens is 1. The number of hydrogen-bond donors (Lipinski definition) is 1. The molecule has 0 bridgehead atoms. The van der Waals surface area contributed by atoms with Gasteiger partial charge in [-0.25, -0.2) is 9.18 Å². The van der Waals surface area contributed by atoms with Gasteiger partial charge in [0.2, 0.25) is 0 Å². The van der Waals surface area contributed by atoms with Crippen LogP contribution in [0.25, 0.3) is 0 Å². The van der Waals surface area contributed by atoms with Crippen molar-refractivity contribution in [3.8, 4) is 6.07 Å². The molecule has 0 radical (unpaired) electrons. The van der Waals surface area contributed by atoms with Gasteiger partial charge in [0.1, 0.15) is 11.6 Å². The zero-order valence-electron chi connectivity index (χ0n) is 13.3. The van der Waals surface area contributed by atoms with Gasteiger partial charge in [0, 0.05) is 18.2 Å². The van der Waals surface area contributed by atoms with Crippen LogP contribution in [0.3, 0.4) is 0 Å². The number of amides is 2. The molecule has 5 nitrogen and oxygen atoms in total. The summed E-state index contributed by atoms with van der Waals surface area (Å²) in [6.45, 7) is 1.99. The second kappa shape index (κ2) is 6.75. The Kier molecular flexibility index (Phi) is 4.52. The highest BCUT2D eigenvalue weighted by atomic mass is 19.1. The normalized spacial score (nSPS) is 14.7. The Balaban J connectivity index is 1.67. The molecule has 3 rings (SSSR count). The number of benzene rings is 1. The Morgan fingerprint density at radius 1 is 1.50 bits per heavy atom. The number of urea groups is 1. The summed E-state index contributed by atoms with van der Waals surface area (Å²) in [6.07, 6.45) is 3.51. The van der Waals surface area contributed by atoms with Gasteiger partial charge in [0.15, 0.2) is 0 Å². The van der Waals surface area contributed by atoms with E-state index in [0.29, 0.717) is 5.56 Å². The van der Waals surface area contributed by atoms with Crippen LogP contribution in [-0.4, -0.2) is 17.0 Å². The lowest BCUT2D eigenvalue weighted by atomic mass is 10.1. The van der Waals surface area contributed by atoms with E-state index < -0.39 is 5.82 Å². The van der Waals surface area contributed by atoms with E-state index in [1.54, 1.807) is 17.2 Å². The Hall–Kier alpha value is -2.81. The summed E-state index contributed by atoms with van der Waals surface area (Å²) in [5.74, 6) is 0.230. The monoisotopic (exact) mass is 327 g/mol. The van der Waals surface area contributed by atoms with Crippen LogP contribution in [0.2, 0.25) is 0 Å². The molecule has 1 fully saturated rings. The Bertz CT molecular complexity index is 763. The number of carbonyl (C=O) groups excluding carboxylic acids is 1. The lowest BCUT2D eigenvalue weighted by Gasteiger charge is -2.28. The van der Waals surface area contributed by atoms with Gasteiger partial charge in [-0.15, -0.1) is 0 Å². The number of carbonyl (C=O) groups is 1. The van der Waals surface area contributed by atoms with E-state index in [1.165, 1.54) is 18.2 Å². The SMILES string of the molecule is C[C@@H](c1ccco1)N(C(=O)NCc1ccc(C#N)cc1F)C1CC1. The van der Waals surface area contributed by atoms with E-state index >= 15 is 0 Å². The lowest BCUT2D eigenvalue weighted by Crippen LogP contribution is -2.42. The summed E-state index contributed by atoms with van der Waals surface area (Å²) in [7, 11) is 0. The molecule has 2 amide bonds. The standard InChI is InChI=1S/C18H18FN3O2/c1-12(17-3-2-8-24-17)22(15-6-7-15)18(23)21-11-14-5-4-13(10-20)9-16(14)19/h2-5,8-9,12,15H,6-7,11H2,1H3,(H,21,23)/t12-/m0/s1. The quantitative estimate of drug-likeness (QED) is 0.910. The first-order chi connectivity index (χ1) is 11.6. The third-order valence-corrected chi connectivity index (χ3v) is 4.16. The molecule has 0 unspecified atom stereocenters. The molecule has 1 aromatic carbocycles. The van der Waals surface area contributed by atoms with Crippen molar-refractivity contribution in [3.63, 3.8) is 0 Å². The van der Waals surface area contributed by atoms with E-state index in [2.05, 4.69) is 5.32 Å². The zero-order valence-corrected chi connectivity index (χ0v) is 13.3. The highest BCUT2D eigenvalue weighted by molar-refractivity contribution is 5.75. The van der Waals surface area contributed by atoms with Crippen molar-refractivity contribution in [2.45, 2.75) is 38.4 Å². The second-order valence-electron chi connectivity index (χ2n) is 5.91. The van der Waals surface area contributed by atoms with Crippen LogP contribution < -0.4 is 5.32 Å². The van der Waals surface area contributed by atoms with Crippen LogP contribution in [-0.2, 0) is 6.54 Å². The second-order valence-corrected chi connectivity index (χ2v) is 5.91. The van der Waals surface area contributed by atoms with Crippen molar-refractivity contribution >= 4 is 6.03 Å². The van der Waals surface area contributed by atoms with Gasteiger partial charge in [-0.05, 0) is 44.0 Å². The van der Waals surface area contributed by atoms with Gasteiger partial charge in [0.25, 0.3) is 0 Å². The number of rotatable bonds is 5. The molecule has 6 heteroatoms. The third kappa shape index (κ3) is 3.40. The summed E-state index contributed by atoms with van der Waals surface area (Å²) in [6, 6.07) is 9.51. The maximum absolute atomic E-state index is 13.9. The summed E-state index contributed by atoms with van der Waals surface area (Å²) in [5, 5.41) is 11.5. The summed E-state index contributed by atoms with van der Waals surface area (Å²) < 4.78 is 19.3. The van der Waals surface area contributed by atoms with Crippen molar-refractivity contribution in [2.24, 2.45) is 0 Å². The van der Waals surface area contributed by atoms with Crippen LogP contribution in [0.1, 0.15) is 42.7 Å². The smallest absolute Gasteiger partial charge is 0.318 e. The molecule has 1 aliphatic rings. The third-order valence-electron chi connectivity index (χ3n) is 4.16. The van der Waals surface area contributed by atoms with Crippen LogP contribution in [0.15, 0.2) is 41.0 Å². The fourth-order valence-corrected chi connectivity index (χ4v) is 2.70. The number of nitrogens with zero attached hydrogens (tertiary/aromatic N) is 2. The molecule has 124 valence electrons. The molecule has 1 saturated carbocycles. The van der Waals surface area contributed by atoms with E-state index in [0.717, 1.165) is 18.6 Å². The van der Waals surface area contributed by atoms with Crippen LogP contribution in [0, 0.1) is 17.1 Å². The summed E-state index contributed by atoms with van der Waals surface area (Å²) in [4.78, 5) is 14.3. The van der Waals surface area contributed by atoms with Gasteiger partial charge in [-0.1, -0.05) is 6.07 Å². The number of nitriles is 1. The van der Waals surface area contributed by atoms with Crippen LogP contribution >= 0.6 is 0 Å².